The van der Waals surface area contributed by atoms with Crippen molar-refractivity contribution in [2.24, 2.45) is 11.8 Å². The van der Waals surface area contributed by atoms with E-state index in [2.05, 4.69) is 24.1 Å². The van der Waals surface area contributed by atoms with Crippen LogP contribution < -0.4 is 5.32 Å². The topological polar surface area (TPSA) is 44.8 Å². The molecule has 1 unspecified atom stereocenters. The first-order valence-corrected chi connectivity index (χ1v) is 10.6. The first-order valence-electron chi connectivity index (χ1n) is 10.6. The van der Waals surface area contributed by atoms with Gasteiger partial charge >= 0.3 is 6.09 Å². The lowest BCUT2D eigenvalue weighted by atomic mass is 9.78. The van der Waals surface area contributed by atoms with E-state index in [0.717, 1.165) is 49.0 Å². The maximum Gasteiger partial charge on any atom is 0.410 e. The third-order valence-corrected chi connectivity index (χ3v) is 6.80. The van der Waals surface area contributed by atoms with E-state index in [0.29, 0.717) is 12.6 Å². The summed E-state index contributed by atoms with van der Waals surface area (Å²) in [7, 11) is 0. The molecule has 0 aromatic heterocycles. The molecular formula is C22H33N3O2. The number of carbonyl (C=O) groups excluding carboxylic acids is 1. The second kappa shape index (κ2) is 8.09. The third kappa shape index (κ3) is 4.08. The van der Waals surface area contributed by atoms with E-state index >= 15 is 0 Å². The fourth-order valence-corrected chi connectivity index (χ4v) is 5.01. The maximum atomic E-state index is 12.6. The van der Waals surface area contributed by atoms with Crippen molar-refractivity contribution in [3.8, 4) is 0 Å². The predicted molar refractivity (Wildman–Crippen MR) is 108 cm³/mol. The van der Waals surface area contributed by atoms with Gasteiger partial charge in [0, 0.05) is 30.4 Å². The molecule has 1 N–H and O–H groups in total. The molecule has 3 heterocycles. The molecule has 1 aromatic rings. The number of nitrogens with zero attached hydrogens (tertiary/aromatic N) is 2. The minimum absolute atomic E-state index is 0.147. The molecular weight excluding hydrogens is 338 g/mol. The van der Waals surface area contributed by atoms with E-state index < -0.39 is 0 Å². The number of nitrogens with one attached hydrogen (secondary N) is 1. The monoisotopic (exact) mass is 371 g/mol. The van der Waals surface area contributed by atoms with Crippen LogP contribution in [0.3, 0.4) is 0 Å². The summed E-state index contributed by atoms with van der Waals surface area (Å²) in [5, 5.41) is 3.32. The van der Waals surface area contributed by atoms with Crippen molar-refractivity contribution < 1.29 is 9.53 Å². The summed E-state index contributed by atoms with van der Waals surface area (Å²) in [5.41, 5.74) is 2.18. The van der Waals surface area contributed by atoms with Crippen molar-refractivity contribution in [3.05, 3.63) is 29.8 Å². The minimum atomic E-state index is -0.160. The number of para-hydroxylation sites is 1. The average molecular weight is 372 g/mol. The Morgan fingerprint density at radius 3 is 2.33 bits per heavy atom. The molecule has 27 heavy (non-hydrogen) atoms. The Balaban J connectivity index is 1.24. The molecule has 1 atom stereocenters. The molecule has 4 rings (SSSR count). The summed E-state index contributed by atoms with van der Waals surface area (Å²) < 4.78 is 5.82. The number of carbonyl (C=O) groups is 1. The zero-order chi connectivity index (χ0) is 18.8. The fraction of sp³-hybridized carbons (Fsp3) is 0.682. The van der Waals surface area contributed by atoms with Gasteiger partial charge in [-0.15, -0.1) is 0 Å². The van der Waals surface area contributed by atoms with Crippen LogP contribution in [0.2, 0.25) is 0 Å². The highest BCUT2D eigenvalue weighted by molar-refractivity contribution is 5.69. The number of fused-ring (bicyclic) bond motifs is 1. The predicted octanol–water partition coefficient (Wildman–Crippen LogP) is 4.12. The van der Waals surface area contributed by atoms with Crippen molar-refractivity contribution in [1.82, 2.24) is 9.80 Å². The highest BCUT2D eigenvalue weighted by Crippen LogP contribution is 2.35. The van der Waals surface area contributed by atoms with Gasteiger partial charge in [0.05, 0.1) is 6.54 Å². The van der Waals surface area contributed by atoms with Gasteiger partial charge in [0.1, 0.15) is 6.10 Å². The molecule has 0 saturated carbocycles. The molecule has 0 radical (unpaired) electrons. The molecule has 1 aromatic carbocycles. The van der Waals surface area contributed by atoms with Gasteiger partial charge in [-0.3, -0.25) is 0 Å². The van der Waals surface area contributed by atoms with E-state index in [1.54, 1.807) is 0 Å². The van der Waals surface area contributed by atoms with Crippen LogP contribution in [-0.4, -0.2) is 54.7 Å². The van der Waals surface area contributed by atoms with Crippen LogP contribution in [0, 0.1) is 11.8 Å². The lowest BCUT2D eigenvalue weighted by Crippen LogP contribution is -2.44. The van der Waals surface area contributed by atoms with Crippen molar-refractivity contribution >= 4 is 11.8 Å². The smallest absolute Gasteiger partial charge is 0.410 e. The Bertz CT molecular complexity index is 647. The van der Waals surface area contributed by atoms with E-state index in [1.807, 2.05) is 29.2 Å². The summed E-state index contributed by atoms with van der Waals surface area (Å²) in [6.07, 6.45) is 4.58. The standard InChI is InChI=1S/C22H33N3O2/c1-16(2)24-11-7-17(8-12-24)18-9-13-25(14-10-18)22(26)27-21-15-23-20-6-4-3-5-19(20)21/h3-6,16-18,21,23H,7-15H2,1-2H3. The van der Waals surface area contributed by atoms with Crippen LogP contribution in [0.1, 0.15) is 51.2 Å². The number of rotatable bonds is 3. The third-order valence-electron chi connectivity index (χ3n) is 6.80. The number of likely N-dealkylation sites (tertiary alicyclic amines) is 2. The molecule has 3 aliphatic rings. The van der Waals surface area contributed by atoms with Gasteiger partial charge in [-0.2, -0.15) is 0 Å². The quantitative estimate of drug-likeness (QED) is 0.868. The Morgan fingerprint density at radius 1 is 1.04 bits per heavy atom. The van der Waals surface area contributed by atoms with Crippen molar-refractivity contribution in [3.63, 3.8) is 0 Å². The van der Waals surface area contributed by atoms with Crippen LogP contribution in [0.25, 0.3) is 0 Å². The molecule has 5 heteroatoms. The van der Waals surface area contributed by atoms with Crippen molar-refractivity contribution in [2.75, 3.05) is 38.0 Å². The fourth-order valence-electron chi connectivity index (χ4n) is 5.01. The second-order valence-electron chi connectivity index (χ2n) is 8.63. The lowest BCUT2D eigenvalue weighted by Gasteiger charge is -2.41. The Hall–Kier alpha value is -1.75. The zero-order valence-electron chi connectivity index (χ0n) is 16.7. The molecule has 2 fully saturated rings. The molecule has 0 aliphatic carbocycles. The highest BCUT2D eigenvalue weighted by atomic mass is 16.6. The molecule has 1 amide bonds. The number of ether oxygens (including phenoxy) is 1. The largest absolute Gasteiger partial charge is 0.439 e. The number of hydrogen-bond donors (Lipinski definition) is 1. The Morgan fingerprint density at radius 2 is 1.67 bits per heavy atom. The molecule has 0 spiro atoms. The zero-order valence-corrected chi connectivity index (χ0v) is 16.7. The molecule has 2 saturated heterocycles. The van der Waals surface area contributed by atoms with E-state index in [4.69, 9.17) is 4.74 Å². The van der Waals surface area contributed by atoms with Gasteiger partial charge in [-0.1, -0.05) is 18.2 Å². The van der Waals surface area contributed by atoms with Crippen LogP contribution in [-0.2, 0) is 4.74 Å². The van der Waals surface area contributed by atoms with E-state index in [1.165, 1.54) is 25.9 Å². The van der Waals surface area contributed by atoms with E-state index in [-0.39, 0.29) is 12.2 Å². The minimum Gasteiger partial charge on any atom is -0.439 e. The highest BCUT2D eigenvalue weighted by Gasteiger charge is 2.33. The summed E-state index contributed by atoms with van der Waals surface area (Å²) in [5.74, 6) is 1.61. The van der Waals surface area contributed by atoms with Crippen molar-refractivity contribution in [1.29, 1.82) is 0 Å². The van der Waals surface area contributed by atoms with Crippen LogP contribution >= 0.6 is 0 Å². The molecule has 0 bridgehead atoms. The molecule has 3 aliphatic heterocycles. The summed E-state index contributed by atoms with van der Waals surface area (Å²) in [4.78, 5) is 17.1. The van der Waals surface area contributed by atoms with Gasteiger partial charge in [0.25, 0.3) is 0 Å². The van der Waals surface area contributed by atoms with Crippen molar-refractivity contribution in [2.45, 2.75) is 51.7 Å². The lowest BCUT2D eigenvalue weighted by molar-refractivity contribution is 0.0461. The summed E-state index contributed by atoms with van der Waals surface area (Å²) in [6.45, 7) is 9.42. The number of amides is 1. The summed E-state index contributed by atoms with van der Waals surface area (Å²) in [6, 6.07) is 8.76. The number of hydrogen-bond acceptors (Lipinski definition) is 4. The molecule has 148 valence electrons. The Labute approximate surface area is 163 Å². The van der Waals surface area contributed by atoms with Gasteiger partial charge in [-0.05, 0) is 70.5 Å². The van der Waals surface area contributed by atoms with Gasteiger partial charge in [-0.25, -0.2) is 4.79 Å². The summed E-state index contributed by atoms with van der Waals surface area (Å²) >= 11 is 0. The first-order chi connectivity index (χ1) is 13.1. The van der Waals surface area contributed by atoms with Crippen LogP contribution in [0.4, 0.5) is 10.5 Å². The normalized spacial score (nSPS) is 24.7. The average Bonchev–Trinajstić information content (AvgIpc) is 3.11. The van der Waals surface area contributed by atoms with Gasteiger partial charge in [0.2, 0.25) is 0 Å². The first kappa shape index (κ1) is 18.6. The SMILES string of the molecule is CC(C)N1CCC(C2CCN(C(=O)OC3CNc4ccccc43)CC2)CC1. The molecule has 5 nitrogen and oxygen atoms in total. The van der Waals surface area contributed by atoms with Crippen LogP contribution in [0.5, 0.6) is 0 Å². The van der Waals surface area contributed by atoms with Gasteiger partial charge in [0.15, 0.2) is 0 Å². The van der Waals surface area contributed by atoms with E-state index in [9.17, 15) is 4.79 Å². The number of piperidine rings is 2. The van der Waals surface area contributed by atoms with Gasteiger partial charge < -0.3 is 19.9 Å². The number of benzene rings is 1. The van der Waals surface area contributed by atoms with Crippen LogP contribution in [0.15, 0.2) is 24.3 Å². The number of anilines is 1. The Kier molecular flexibility index (Phi) is 5.58. The maximum absolute atomic E-state index is 12.6. The second-order valence-corrected chi connectivity index (χ2v) is 8.63.